The zero-order chi connectivity index (χ0) is 21.3. The molecule has 164 valence electrons. The van der Waals surface area contributed by atoms with Crippen LogP contribution in [0.2, 0.25) is 0 Å². The van der Waals surface area contributed by atoms with Crippen molar-refractivity contribution < 1.29 is 4.79 Å². The predicted molar refractivity (Wildman–Crippen MR) is 139 cm³/mol. The van der Waals surface area contributed by atoms with E-state index < -0.39 is 0 Å². The first-order chi connectivity index (χ1) is 14.6. The largest absolute Gasteiger partial charge is 0.356 e. The Hall–Kier alpha value is -2.46. The maximum Gasteiger partial charge on any atom is 0.253 e. The van der Waals surface area contributed by atoms with E-state index in [2.05, 4.69) is 33.1 Å². The van der Waals surface area contributed by atoms with E-state index in [9.17, 15) is 4.79 Å². The number of halogens is 1. The van der Waals surface area contributed by atoms with E-state index in [0.717, 1.165) is 34.2 Å². The lowest BCUT2D eigenvalue weighted by Gasteiger charge is -2.13. The number of rotatable bonds is 7. The monoisotopic (exact) mass is 549 g/mol. The second-order valence-corrected chi connectivity index (χ2v) is 7.94. The van der Waals surface area contributed by atoms with Gasteiger partial charge in [-0.05, 0) is 24.1 Å². The number of hydrogen-bond acceptors (Lipinski definition) is 4. The number of amides is 1. The molecule has 2 N–H and O–H groups in total. The van der Waals surface area contributed by atoms with Gasteiger partial charge in [0, 0.05) is 44.2 Å². The van der Waals surface area contributed by atoms with E-state index in [4.69, 9.17) is 4.98 Å². The number of thiazole rings is 1. The minimum atomic E-state index is 0. The van der Waals surface area contributed by atoms with Crippen molar-refractivity contribution in [3.8, 4) is 11.3 Å². The van der Waals surface area contributed by atoms with E-state index in [0.29, 0.717) is 18.7 Å². The summed E-state index contributed by atoms with van der Waals surface area (Å²) in [5.41, 5.74) is 3.93. The topological polar surface area (TPSA) is 69.6 Å². The van der Waals surface area contributed by atoms with Gasteiger partial charge in [-0.2, -0.15) is 0 Å². The highest BCUT2D eigenvalue weighted by Crippen LogP contribution is 2.21. The van der Waals surface area contributed by atoms with Gasteiger partial charge < -0.3 is 15.5 Å². The number of nitrogens with zero attached hydrogens (tertiary/aromatic N) is 3. The molecule has 3 rings (SSSR count). The molecule has 0 unspecified atom stereocenters. The molecule has 0 radical (unpaired) electrons. The third-order valence-corrected chi connectivity index (χ3v) is 5.39. The maximum atomic E-state index is 12.1. The van der Waals surface area contributed by atoms with Crippen LogP contribution < -0.4 is 10.6 Å². The van der Waals surface area contributed by atoms with Crippen LogP contribution in [0.5, 0.6) is 0 Å². The van der Waals surface area contributed by atoms with Crippen LogP contribution in [0.15, 0.2) is 65.0 Å². The molecule has 0 aliphatic heterocycles. The molecule has 2 aromatic carbocycles. The van der Waals surface area contributed by atoms with Crippen LogP contribution in [-0.2, 0) is 13.0 Å². The summed E-state index contributed by atoms with van der Waals surface area (Å²) < 4.78 is 0. The van der Waals surface area contributed by atoms with Gasteiger partial charge in [0.25, 0.3) is 5.91 Å². The van der Waals surface area contributed by atoms with Gasteiger partial charge in [0.2, 0.25) is 0 Å². The molecule has 6 nitrogen and oxygen atoms in total. The molecule has 8 heteroatoms. The normalized spacial score (nSPS) is 10.9. The molecule has 0 saturated heterocycles. The second-order valence-electron chi connectivity index (χ2n) is 7.00. The third-order valence-electron chi connectivity index (χ3n) is 4.54. The molecule has 0 fully saturated rings. The van der Waals surface area contributed by atoms with Gasteiger partial charge in [0.1, 0.15) is 5.01 Å². The Balaban J connectivity index is 0.00000341. The van der Waals surface area contributed by atoms with Crippen LogP contribution in [0, 0.1) is 0 Å². The lowest BCUT2D eigenvalue weighted by molar-refractivity contribution is 0.0827. The first-order valence-corrected chi connectivity index (χ1v) is 10.7. The van der Waals surface area contributed by atoms with Crippen molar-refractivity contribution in [1.82, 2.24) is 20.5 Å². The van der Waals surface area contributed by atoms with Crippen molar-refractivity contribution in [3.63, 3.8) is 0 Å². The van der Waals surface area contributed by atoms with Gasteiger partial charge in [-0.1, -0.05) is 42.5 Å². The summed E-state index contributed by atoms with van der Waals surface area (Å²) in [6, 6.07) is 17.9. The zero-order valence-corrected chi connectivity index (χ0v) is 21.1. The fraction of sp³-hybridized carbons (Fsp3) is 0.261. The van der Waals surface area contributed by atoms with Crippen LogP contribution in [0.3, 0.4) is 0 Å². The smallest absolute Gasteiger partial charge is 0.253 e. The summed E-state index contributed by atoms with van der Waals surface area (Å²) in [6.07, 6.45) is 0.796. The van der Waals surface area contributed by atoms with Crippen LogP contribution in [-0.4, -0.2) is 49.4 Å². The summed E-state index contributed by atoms with van der Waals surface area (Å²) in [7, 11) is 5.28. The number of hydrogen-bond donors (Lipinski definition) is 2. The molecule has 3 aromatic rings. The Morgan fingerprint density at radius 3 is 2.58 bits per heavy atom. The van der Waals surface area contributed by atoms with E-state index in [1.165, 1.54) is 0 Å². The van der Waals surface area contributed by atoms with Crippen LogP contribution in [0.4, 0.5) is 0 Å². The van der Waals surface area contributed by atoms with E-state index in [-0.39, 0.29) is 29.9 Å². The SMILES string of the molecule is CN=C(NCCc1cccc(C(=O)N(C)C)c1)NCc1nc(-c2ccccc2)cs1.I. The van der Waals surface area contributed by atoms with E-state index in [1.54, 1.807) is 37.4 Å². The second kappa shape index (κ2) is 12.4. The molecule has 0 aliphatic rings. The Labute approximate surface area is 204 Å². The lowest BCUT2D eigenvalue weighted by atomic mass is 10.1. The Kier molecular flexibility index (Phi) is 9.93. The fourth-order valence-corrected chi connectivity index (χ4v) is 3.70. The van der Waals surface area contributed by atoms with Crippen molar-refractivity contribution in [2.45, 2.75) is 13.0 Å². The maximum absolute atomic E-state index is 12.1. The molecular weight excluding hydrogens is 521 g/mol. The summed E-state index contributed by atoms with van der Waals surface area (Å²) in [6.45, 7) is 1.33. The number of benzene rings is 2. The van der Waals surface area contributed by atoms with Crippen molar-refractivity contribution in [3.05, 3.63) is 76.1 Å². The predicted octanol–water partition coefficient (Wildman–Crippen LogP) is 4.04. The highest BCUT2D eigenvalue weighted by atomic mass is 127. The summed E-state index contributed by atoms with van der Waals surface area (Å²) >= 11 is 1.63. The number of aromatic nitrogens is 1. The first-order valence-electron chi connectivity index (χ1n) is 9.81. The van der Waals surface area contributed by atoms with Crippen LogP contribution >= 0.6 is 35.3 Å². The molecule has 0 spiro atoms. The van der Waals surface area contributed by atoms with Crippen LogP contribution in [0.1, 0.15) is 20.9 Å². The molecule has 0 aliphatic carbocycles. The van der Waals surface area contributed by atoms with Gasteiger partial charge in [-0.25, -0.2) is 4.98 Å². The first kappa shape index (κ1) is 24.8. The Morgan fingerprint density at radius 2 is 1.87 bits per heavy atom. The standard InChI is InChI=1S/C23H27N5OS.HI/c1-24-23(25-13-12-17-8-7-11-19(14-17)22(29)28(2)3)26-15-21-27-20(16-30-21)18-9-5-4-6-10-18;/h4-11,14,16H,12-13,15H2,1-3H3,(H2,24,25,26);1H. The van der Waals surface area contributed by atoms with Gasteiger partial charge in [0.05, 0.1) is 12.2 Å². The Morgan fingerprint density at radius 1 is 1.10 bits per heavy atom. The molecule has 31 heavy (non-hydrogen) atoms. The van der Waals surface area contributed by atoms with E-state index >= 15 is 0 Å². The Bertz CT molecular complexity index is 1000. The molecular formula is C23H28IN5OS. The van der Waals surface area contributed by atoms with Gasteiger partial charge in [0.15, 0.2) is 5.96 Å². The number of guanidine groups is 1. The molecule has 0 bridgehead atoms. The van der Waals surface area contributed by atoms with Gasteiger partial charge in [-0.3, -0.25) is 9.79 Å². The number of carbonyl (C=O) groups excluding carboxylic acids is 1. The van der Waals surface area contributed by atoms with Crippen LogP contribution in [0.25, 0.3) is 11.3 Å². The number of aliphatic imine (C=N–C) groups is 1. The summed E-state index contributed by atoms with van der Waals surface area (Å²) in [5, 5.41) is 9.71. The number of carbonyl (C=O) groups is 1. The fourth-order valence-electron chi connectivity index (χ4n) is 2.96. The van der Waals surface area contributed by atoms with Crippen molar-refractivity contribution in [1.29, 1.82) is 0 Å². The molecule has 0 atom stereocenters. The molecule has 0 saturated carbocycles. The third kappa shape index (κ3) is 7.32. The molecule has 1 aromatic heterocycles. The average Bonchev–Trinajstić information content (AvgIpc) is 3.25. The van der Waals surface area contributed by atoms with Gasteiger partial charge in [-0.15, -0.1) is 35.3 Å². The highest BCUT2D eigenvalue weighted by Gasteiger charge is 2.08. The van der Waals surface area contributed by atoms with Gasteiger partial charge >= 0.3 is 0 Å². The summed E-state index contributed by atoms with van der Waals surface area (Å²) in [4.78, 5) is 22.7. The average molecular weight is 549 g/mol. The minimum absolute atomic E-state index is 0. The lowest BCUT2D eigenvalue weighted by Crippen LogP contribution is -2.37. The van der Waals surface area contributed by atoms with Crippen molar-refractivity contribution in [2.24, 2.45) is 4.99 Å². The number of nitrogens with one attached hydrogen (secondary N) is 2. The highest BCUT2D eigenvalue weighted by molar-refractivity contribution is 14.0. The van der Waals surface area contributed by atoms with Crippen molar-refractivity contribution in [2.75, 3.05) is 27.7 Å². The van der Waals surface area contributed by atoms with Crippen molar-refractivity contribution >= 4 is 47.2 Å². The minimum Gasteiger partial charge on any atom is -0.356 e. The quantitative estimate of drug-likeness (QED) is 0.265. The molecule has 1 amide bonds. The zero-order valence-electron chi connectivity index (χ0n) is 18.0. The van der Waals surface area contributed by atoms with E-state index in [1.807, 2.05) is 42.5 Å². The molecule has 1 heterocycles. The summed E-state index contributed by atoms with van der Waals surface area (Å²) in [5.74, 6) is 0.743.